The maximum atomic E-state index is 14.6. The summed E-state index contributed by atoms with van der Waals surface area (Å²) in [6, 6.07) is 17.6. The Balaban J connectivity index is 1.21. The zero-order chi connectivity index (χ0) is 43.9. The topological polar surface area (TPSA) is 201 Å². The van der Waals surface area contributed by atoms with Gasteiger partial charge in [-0.25, -0.2) is 22.9 Å². The van der Waals surface area contributed by atoms with Gasteiger partial charge in [0.15, 0.2) is 11.5 Å². The van der Waals surface area contributed by atoms with E-state index in [1.807, 2.05) is 12.1 Å². The first-order chi connectivity index (χ1) is 28.9. The fraction of sp³-hybridized carbons (Fsp3) is 0.386. The van der Waals surface area contributed by atoms with Crippen molar-refractivity contribution < 1.29 is 51.3 Å². The summed E-state index contributed by atoms with van der Waals surface area (Å²) < 4.78 is 57.3. The minimum atomic E-state index is -4.30. The number of amides is 4. The molecule has 3 heterocycles. The van der Waals surface area contributed by atoms with Crippen LogP contribution in [0, 0.1) is 11.8 Å². The van der Waals surface area contributed by atoms with Gasteiger partial charge in [-0.1, -0.05) is 38.1 Å². The number of likely N-dealkylation sites (tertiary alicyclic amines) is 1. The summed E-state index contributed by atoms with van der Waals surface area (Å²) in [5.41, 5.74) is -0.714. The molecule has 4 amide bonds. The number of sulfonamides is 1. The predicted molar refractivity (Wildman–Crippen MR) is 223 cm³/mol. The molecule has 17 heteroatoms. The first-order valence-corrected chi connectivity index (χ1v) is 21.3. The second-order valence-electron chi connectivity index (χ2n) is 16.6. The van der Waals surface area contributed by atoms with Gasteiger partial charge in [0.05, 0.1) is 29.8 Å². The van der Waals surface area contributed by atoms with Gasteiger partial charge in [-0.15, -0.1) is 6.58 Å². The molecule has 2 fully saturated rings. The first-order valence-electron chi connectivity index (χ1n) is 19.8. The Bertz CT molecular complexity index is 2490. The molecule has 3 aliphatic rings. The zero-order valence-electron chi connectivity index (χ0n) is 34.7. The van der Waals surface area contributed by atoms with Crippen LogP contribution < -0.4 is 34.3 Å². The van der Waals surface area contributed by atoms with E-state index in [1.165, 1.54) is 35.2 Å². The number of nitrogens with zero attached hydrogens (tertiary/aromatic N) is 2. The van der Waals surface area contributed by atoms with Crippen molar-refractivity contribution in [1.82, 2.24) is 25.2 Å². The van der Waals surface area contributed by atoms with Crippen molar-refractivity contribution in [3.63, 3.8) is 0 Å². The van der Waals surface area contributed by atoms with E-state index < -0.39 is 75.0 Å². The highest BCUT2D eigenvalue weighted by Gasteiger charge is 2.61. The van der Waals surface area contributed by atoms with E-state index in [2.05, 4.69) is 21.9 Å². The SMILES string of the molecule is C=C[C@@H]1C[C@]1(NC(=O)[C@@H]1C[C@@H](Oc2cc(-c3ccc4c(c3)OCO4)nc3cc(OC)ccc23)CN1C(=O)[C@@H](NC(=O)OC(C)(C)C)C(C)C)C(=O)NS(=O)(=O)c1ccccc1. The molecule has 1 aliphatic carbocycles. The molecule has 3 N–H and O–H groups in total. The Morgan fingerprint density at radius 3 is 2.41 bits per heavy atom. The minimum absolute atomic E-state index is 0.0348. The van der Waals surface area contributed by atoms with E-state index in [4.69, 9.17) is 28.7 Å². The summed E-state index contributed by atoms with van der Waals surface area (Å²) in [5.74, 6) is -1.17. The Morgan fingerprint density at radius 2 is 1.74 bits per heavy atom. The molecule has 16 nitrogen and oxygen atoms in total. The molecule has 3 aromatic carbocycles. The number of benzene rings is 3. The molecule has 0 unspecified atom stereocenters. The Hall–Kier alpha value is -6.36. The molecule has 4 aromatic rings. The van der Waals surface area contributed by atoms with Gasteiger partial charge in [0, 0.05) is 35.4 Å². The van der Waals surface area contributed by atoms with Crippen molar-refractivity contribution in [3.05, 3.63) is 85.5 Å². The van der Waals surface area contributed by atoms with Gasteiger partial charge in [0.1, 0.15) is 40.8 Å². The highest BCUT2D eigenvalue weighted by Crippen LogP contribution is 2.45. The summed E-state index contributed by atoms with van der Waals surface area (Å²) in [6.45, 7) is 12.4. The monoisotopic (exact) mass is 855 g/mol. The van der Waals surface area contributed by atoms with Crippen LogP contribution in [0.4, 0.5) is 4.79 Å². The van der Waals surface area contributed by atoms with E-state index in [0.29, 0.717) is 45.2 Å². The van der Waals surface area contributed by atoms with E-state index >= 15 is 0 Å². The second kappa shape index (κ2) is 16.6. The summed E-state index contributed by atoms with van der Waals surface area (Å²) in [5, 5.41) is 6.10. The molecule has 1 aromatic heterocycles. The third kappa shape index (κ3) is 9.06. The fourth-order valence-electron chi connectivity index (χ4n) is 7.49. The lowest BCUT2D eigenvalue weighted by Crippen LogP contribution is -2.59. The summed E-state index contributed by atoms with van der Waals surface area (Å²) in [7, 11) is -2.75. The largest absolute Gasteiger partial charge is 0.497 e. The molecule has 7 rings (SSSR count). The number of nitrogens with one attached hydrogen (secondary N) is 3. The summed E-state index contributed by atoms with van der Waals surface area (Å²) in [4.78, 5) is 62.1. The van der Waals surface area contributed by atoms with Crippen molar-refractivity contribution in [3.8, 4) is 34.3 Å². The van der Waals surface area contributed by atoms with Crippen LogP contribution in [0.5, 0.6) is 23.0 Å². The van der Waals surface area contributed by atoms with Crippen LogP contribution in [-0.2, 0) is 29.1 Å². The number of carbonyl (C=O) groups is 4. The van der Waals surface area contributed by atoms with Gasteiger partial charge in [-0.3, -0.25) is 14.4 Å². The molecular weight excluding hydrogens is 807 g/mol. The molecule has 1 saturated heterocycles. The number of hydrogen-bond acceptors (Lipinski definition) is 12. The van der Waals surface area contributed by atoms with E-state index in [0.717, 1.165) is 0 Å². The average Bonchev–Trinajstić information content (AvgIpc) is 3.49. The number of alkyl carbamates (subject to hydrolysis) is 1. The summed E-state index contributed by atoms with van der Waals surface area (Å²) >= 11 is 0. The fourth-order valence-corrected chi connectivity index (χ4v) is 8.55. The van der Waals surface area contributed by atoms with Crippen LogP contribution >= 0.6 is 0 Å². The molecule has 0 radical (unpaired) electrons. The number of pyridine rings is 1. The molecule has 0 bridgehead atoms. The highest BCUT2D eigenvalue weighted by molar-refractivity contribution is 7.90. The maximum Gasteiger partial charge on any atom is 0.408 e. The van der Waals surface area contributed by atoms with Crippen LogP contribution in [0.3, 0.4) is 0 Å². The third-order valence-electron chi connectivity index (χ3n) is 10.7. The van der Waals surface area contributed by atoms with Crippen molar-refractivity contribution in [2.24, 2.45) is 11.8 Å². The maximum absolute atomic E-state index is 14.6. The van der Waals surface area contributed by atoms with E-state index in [-0.39, 0.29) is 31.1 Å². The highest BCUT2D eigenvalue weighted by atomic mass is 32.2. The van der Waals surface area contributed by atoms with Crippen LogP contribution in [0.25, 0.3) is 22.2 Å². The number of methoxy groups -OCH3 is 1. The van der Waals surface area contributed by atoms with Crippen molar-refractivity contribution >= 4 is 44.7 Å². The minimum Gasteiger partial charge on any atom is -0.497 e. The zero-order valence-corrected chi connectivity index (χ0v) is 35.5. The van der Waals surface area contributed by atoms with E-state index in [9.17, 15) is 27.6 Å². The Labute approximate surface area is 354 Å². The Morgan fingerprint density at radius 1 is 1.00 bits per heavy atom. The number of hydrogen-bond donors (Lipinski definition) is 3. The van der Waals surface area contributed by atoms with E-state index in [1.54, 1.807) is 78.1 Å². The second-order valence-corrected chi connectivity index (χ2v) is 18.2. The standard InChI is InChI=1S/C44H49N5O11S/c1-8-27-22-44(27,41(52)48-61(54,55)30-12-10-9-11-13-30)47-39(50)34-20-29(23-49(34)40(51)38(25(2)3)46-42(53)60-43(4,5)6)59-36-21-32(26-14-17-35-37(18-26)58-24-57-35)45-33-19-28(56-7)15-16-31(33)36/h8-19,21,25,27,29,34,38H,1,20,22-24H2,2-7H3,(H,46,53)(H,47,50)(H,48,52)/t27-,29-,34+,38+,44-/m1/s1. The lowest BCUT2D eigenvalue weighted by atomic mass is 10.0. The Kier molecular flexibility index (Phi) is 11.6. The van der Waals surface area contributed by atoms with Crippen molar-refractivity contribution in [2.75, 3.05) is 20.4 Å². The van der Waals surface area contributed by atoms with Gasteiger partial charge in [-0.05, 0) is 75.6 Å². The lowest BCUT2D eigenvalue weighted by Gasteiger charge is -2.31. The van der Waals surface area contributed by atoms with Crippen LogP contribution in [0.15, 0.2) is 90.3 Å². The van der Waals surface area contributed by atoms with Crippen molar-refractivity contribution in [1.29, 1.82) is 0 Å². The number of fused-ring (bicyclic) bond motifs is 2. The molecule has 0 spiro atoms. The quantitative estimate of drug-likeness (QED) is 0.151. The average molecular weight is 856 g/mol. The van der Waals surface area contributed by atoms with Gasteiger partial charge in [0.25, 0.3) is 15.9 Å². The van der Waals surface area contributed by atoms with Crippen LogP contribution in [0.2, 0.25) is 0 Å². The third-order valence-corrected chi connectivity index (χ3v) is 12.1. The molecule has 61 heavy (non-hydrogen) atoms. The molecular formula is C44H49N5O11S. The van der Waals surface area contributed by atoms with Crippen LogP contribution in [0.1, 0.15) is 47.5 Å². The molecule has 1 saturated carbocycles. The molecule has 2 aliphatic heterocycles. The van der Waals surface area contributed by atoms with Gasteiger partial charge < -0.3 is 39.2 Å². The predicted octanol–water partition coefficient (Wildman–Crippen LogP) is 5.10. The lowest BCUT2D eigenvalue weighted by molar-refractivity contribution is -0.141. The normalized spacial score (nSPS) is 21.0. The molecule has 322 valence electrons. The number of aromatic nitrogens is 1. The number of carbonyl (C=O) groups excluding carboxylic acids is 4. The summed E-state index contributed by atoms with van der Waals surface area (Å²) in [6.07, 6.45) is -0.0944. The van der Waals surface area contributed by atoms with Crippen molar-refractivity contribution in [2.45, 2.75) is 81.7 Å². The number of ether oxygens (including phenoxy) is 5. The molecule has 5 atom stereocenters. The first kappa shape index (κ1) is 42.8. The van der Waals surface area contributed by atoms with Crippen LogP contribution in [-0.4, -0.2) is 91.9 Å². The smallest absolute Gasteiger partial charge is 0.408 e. The van der Waals surface area contributed by atoms with Gasteiger partial charge >= 0.3 is 6.09 Å². The van der Waals surface area contributed by atoms with Gasteiger partial charge in [0.2, 0.25) is 18.6 Å². The number of rotatable bonds is 13. The van der Waals surface area contributed by atoms with Gasteiger partial charge in [-0.2, -0.15) is 0 Å².